The molecule has 0 saturated carbocycles. The third-order valence-corrected chi connectivity index (χ3v) is 5.46. The van der Waals surface area contributed by atoms with E-state index in [0.29, 0.717) is 12.2 Å². The fourth-order valence-corrected chi connectivity index (χ4v) is 3.79. The Hall–Kier alpha value is -1.31. The predicted molar refractivity (Wildman–Crippen MR) is 113 cm³/mol. The zero-order valence-corrected chi connectivity index (χ0v) is 18.1. The SMILES string of the molecule is COC(=O)[C@H](CS)NC(C)(C)CC(=O)C(CSC(C)=O)Cc1ccccc1. The number of benzene rings is 1. The number of thioether (sulfide) groups is 1. The van der Waals surface area contributed by atoms with E-state index in [1.54, 1.807) is 0 Å². The summed E-state index contributed by atoms with van der Waals surface area (Å²) < 4.78 is 4.77. The summed E-state index contributed by atoms with van der Waals surface area (Å²) in [5.41, 5.74) is 0.461. The van der Waals surface area contributed by atoms with E-state index < -0.39 is 17.6 Å². The average molecular weight is 412 g/mol. The molecule has 0 saturated heterocycles. The van der Waals surface area contributed by atoms with Crippen LogP contribution in [0.5, 0.6) is 0 Å². The minimum atomic E-state index is -0.603. The molecule has 1 rings (SSSR count). The monoisotopic (exact) mass is 411 g/mol. The number of methoxy groups -OCH3 is 1. The highest BCUT2D eigenvalue weighted by molar-refractivity contribution is 8.13. The molecule has 1 N–H and O–H groups in total. The molecule has 1 unspecified atom stereocenters. The van der Waals surface area contributed by atoms with Crippen molar-refractivity contribution in [3.05, 3.63) is 35.9 Å². The first-order valence-corrected chi connectivity index (χ1v) is 10.5. The Morgan fingerprint density at radius 2 is 1.85 bits per heavy atom. The van der Waals surface area contributed by atoms with Crippen LogP contribution in [0.25, 0.3) is 0 Å². The lowest BCUT2D eigenvalue weighted by molar-refractivity contribution is -0.143. The molecule has 0 heterocycles. The first-order valence-electron chi connectivity index (χ1n) is 8.85. The highest BCUT2D eigenvalue weighted by Crippen LogP contribution is 2.22. The van der Waals surface area contributed by atoms with E-state index >= 15 is 0 Å². The Bertz CT molecular complexity index is 634. The van der Waals surface area contributed by atoms with Crippen LogP contribution >= 0.6 is 24.4 Å². The summed E-state index contributed by atoms with van der Waals surface area (Å²) in [6, 6.07) is 9.19. The van der Waals surface area contributed by atoms with Gasteiger partial charge in [0, 0.05) is 36.3 Å². The quantitative estimate of drug-likeness (QED) is 0.431. The van der Waals surface area contributed by atoms with E-state index in [0.717, 1.165) is 5.56 Å². The fraction of sp³-hybridized carbons (Fsp3) is 0.550. The van der Waals surface area contributed by atoms with Gasteiger partial charge in [0.1, 0.15) is 11.8 Å². The second-order valence-electron chi connectivity index (χ2n) is 7.12. The normalized spacial score (nSPS) is 13.7. The predicted octanol–water partition coefficient (Wildman–Crippen LogP) is 2.92. The molecule has 0 fully saturated rings. The van der Waals surface area contributed by atoms with Crippen molar-refractivity contribution in [1.82, 2.24) is 5.32 Å². The van der Waals surface area contributed by atoms with Crippen LogP contribution in [0.4, 0.5) is 0 Å². The zero-order chi connectivity index (χ0) is 20.4. The average Bonchev–Trinajstić information content (AvgIpc) is 2.62. The largest absolute Gasteiger partial charge is 0.468 e. The van der Waals surface area contributed by atoms with Crippen LogP contribution in [0.1, 0.15) is 32.8 Å². The summed E-state index contributed by atoms with van der Waals surface area (Å²) in [5, 5.41) is 3.16. The fourth-order valence-electron chi connectivity index (χ4n) is 2.81. The van der Waals surface area contributed by atoms with Gasteiger partial charge in [0.05, 0.1) is 7.11 Å². The smallest absolute Gasteiger partial charge is 0.323 e. The van der Waals surface area contributed by atoms with Crippen molar-refractivity contribution in [3.8, 4) is 0 Å². The topological polar surface area (TPSA) is 72.5 Å². The molecular formula is C20H29NO4S2. The lowest BCUT2D eigenvalue weighted by Gasteiger charge is -2.31. The number of rotatable bonds is 11. The molecule has 1 aromatic rings. The number of ether oxygens (including phenoxy) is 1. The van der Waals surface area contributed by atoms with Gasteiger partial charge < -0.3 is 4.74 Å². The number of hydrogen-bond donors (Lipinski definition) is 2. The minimum Gasteiger partial charge on any atom is -0.468 e. The lowest BCUT2D eigenvalue weighted by Crippen LogP contribution is -2.52. The number of thiol groups is 1. The summed E-state index contributed by atoms with van der Waals surface area (Å²) in [5.74, 6) is 0.116. The summed E-state index contributed by atoms with van der Waals surface area (Å²) in [6.45, 7) is 5.26. The first kappa shape index (κ1) is 23.7. The Morgan fingerprint density at radius 1 is 1.22 bits per heavy atom. The molecule has 0 aliphatic carbocycles. The maximum Gasteiger partial charge on any atom is 0.323 e. The molecule has 0 aliphatic heterocycles. The van der Waals surface area contributed by atoms with Gasteiger partial charge in [0.2, 0.25) is 0 Å². The van der Waals surface area contributed by atoms with E-state index in [9.17, 15) is 14.4 Å². The Balaban J connectivity index is 2.83. The van der Waals surface area contributed by atoms with Crippen LogP contribution in [-0.4, -0.2) is 47.1 Å². The maximum atomic E-state index is 13.0. The van der Waals surface area contributed by atoms with Gasteiger partial charge >= 0.3 is 5.97 Å². The molecule has 0 spiro atoms. The number of hydrogen-bond acceptors (Lipinski definition) is 7. The second-order valence-corrected chi connectivity index (χ2v) is 8.68. The van der Waals surface area contributed by atoms with E-state index in [-0.39, 0.29) is 29.0 Å². The number of carbonyl (C=O) groups excluding carboxylic acids is 3. The molecular weight excluding hydrogens is 382 g/mol. The van der Waals surface area contributed by atoms with Crippen molar-refractivity contribution in [1.29, 1.82) is 0 Å². The third kappa shape index (κ3) is 8.95. The number of Topliss-reactive ketones (excluding diaryl/α,β-unsaturated/α-hetero) is 1. The number of ketones is 1. The number of esters is 1. The van der Waals surface area contributed by atoms with E-state index in [4.69, 9.17) is 4.74 Å². The van der Waals surface area contributed by atoms with Gasteiger partial charge in [-0.15, -0.1) is 0 Å². The van der Waals surface area contributed by atoms with Crippen molar-refractivity contribution in [2.24, 2.45) is 5.92 Å². The molecule has 1 aromatic carbocycles. The van der Waals surface area contributed by atoms with Gasteiger partial charge in [0.15, 0.2) is 5.12 Å². The van der Waals surface area contributed by atoms with Gasteiger partial charge in [-0.25, -0.2) is 0 Å². The maximum absolute atomic E-state index is 13.0. The molecule has 0 amide bonds. The van der Waals surface area contributed by atoms with Gasteiger partial charge in [-0.3, -0.25) is 19.7 Å². The molecule has 0 aromatic heterocycles. The van der Waals surface area contributed by atoms with Crippen LogP contribution in [0.15, 0.2) is 30.3 Å². The first-order chi connectivity index (χ1) is 12.7. The Kier molecular flexibility index (Phi) is 10.1. The molecule has 2 atom stereocenters. The number of carbonyl (C=O) groups is 3. The van der Waals surface area contributed by atoms with E-state index in [2.05, 4.69) is 17.9 Å². The highest BCUT2D eigenvalue weighted by Gasteiger charge is 2.31. The van der Waals surface area contributed by atoms with E-state index in [1.807, 2.05) is 44.2 Å². The van der Waals surface area contributed by atoms with Crippen molar-refractivity contribution in [2.45, 2.75) is 45.2 Å². The summed E-state index contributed by atoms with van der Waals surface area (Å²) in [6.07, 6.45) is 0.827. The lowest BCUT2D eigenvalue weighted by atomic mass is 9.88. The minimum absolute atomic E-state index is 0.000856. The van der Waals surface area contributed by atoms with Crippen molar-refractivity contribution >= 4 is 41.3 Å². The Morgan fingerprint density at radius 3 is 2.37 bits per heavy atom. The summed E-state index contributed by atoms with van der Waals surface area (Å²) >= 11 is 5.36. The van der Waals surface area contributed by atoms with Crippen LogP contribution in [-0.2, 0) is 25.5 Å². The van der Waals surface area contributed by atoms with Crippen LogP contribution in [0, 0.1) is 5.92 Å². The van der Waals surface area contributed by atoms with Gasteiger partial charge in [0.25, 0.3) is 0 Å². The molecule has 0 aliphatic rings. The van der Waals surface area contributed by atoms with E-state index in [1.165, 1.54) is 25.8 Å². The van der Waals surface area contributed by atoms with Gasteiger partial charge in [-0.1, -0.05) is 42.1 Å². The van der Waals surface area contributed by atoms with Crippen LogP contribution < -0.4 is 5.32 Å². The van der Waals surface area contributed by atoms with Crippen molar-refractivity contribution in [3.63, 3.8) is 0 Å². The van der Waals surface area contributed by atoms with Crippen molar-refractivity contribution in [2.75, 3.05) is 18.6 Å². The third-order valence-electron chi connectivity index (χ3n) is 4.12. The van der Waals surface area contributed by atoms with Crippen molar-refractivity contribution < 1.29 is 19.1 Å². The van der Waals surface area contributed by atoms with Gasteiger partial charge in [-0.05, 0) is 25.8 Å². The molecule has 27 heavy (non-hydrogen) atoms. The molecule has 7 heteroatoms. The zero-order valence-electron chi connectivity index (χ0n) is 16.4. The molecule has 0 radical (unpaired) electrons. The second kappa shape index (κ2) is 11.5. The Labute approximate surface area is 171 Å². The molecule has 5 nitrogen and oxygen atoms in total. The van der Waals surface area contributed by atoms with Crippen LogP contribution in [0.3, 0.4) is 0 Å². The molecule has 0 bridgehead atoms. The van der Waals surface area contributed by atoms with Crippen LogP contribution in [0.2, 0.25) is 0 Å². The number of nitrogens with one attached hydrogen (secondary N) is 1. The summed E-state index contributed by atoms with van der Waals surface area (Å²) in [4.78, 5) is 36.2. The van der Waals surface area contributed by atoms with Gasteiger partial charge in [-0.2, -0.15) is 12.6 Å². The summed E-state index contributed by atoms with van der Waals surface area (Å²) in [7, 11) is 1.33. The standard InChI is InChI=1S/C20H29NO4S2/c1-14(22)27-13-16(10-15-8-6-5-7-9-15)18(23)11-20(2,3)21-17(12-26)19(24)25-4/h5-9,16-17,21,26H,10-13H2,1-4H3/t16?,17-/m0/s1. The highest BCUT2D eigenvalue weighted by atomic mass is 32.2. The molecule has 150 valence electrons.